The van der Waals surface area contributed by atoms with Crippen LogP contribution < -0.4 is 5.32 Å². The number of carbonyl (C=O) groups excluding carboxylic acids is 1. The Labute approximate surface area is 113 Å². The molecular weight excluding hydrogens is 246 g/mol. The second-order valence-electron chi connectivity index (χ2n) is 4.62. The summed E-state index contributed by atoms with van der Waals surface area (Å²) in [6.45, 7) is 3.08. The van der Waals surface area contributed by atoms with Crippen molar-refractivity contribution < 1.29 is 19.7 Å². The average molecular weight is 267 g/mol. The van der Waals surface area contributed by atoms with Crippen molar-refractivity contribution in [2.45, 2.75) is 25.4 Å². The van der Waals surface area contributed by atoms with Crippen LogP contribution in [0.2, 0.25) is 0 Å². The Morgan fingerprint density at radius 1 is 1.32 bits per heavy atom. The summed E-state index contributed by atoms with van der Waals surface area (Å²) in [6.07, 6.45) is 0. The Morgan fingerprint density at radius 2 is 1.89 bits per heavy atom. The number of rotatable bonds is 7. The van der Waals surface area contributed by atoms with Crippen LogP contribution >= 0.6 is 0 Å². The number of aliphatic hydroxyl groups excluding tert-OH is 2. The second kappa shape index (κ2) is 7.23. The first-order valence-electron chi connectivity index (χ1n) is 6.27. The van der Waals surface area contributed by atoms with E-state index in [1.807, 2.05) is 18.2 Å². The maximum atomic E-state index is 12.0. The smallest absolute Gasteiger partial charge is 0.327 e. The molecule has 0 aromatic heterocycles. The summed E-state index contributed by atoms with van der Waals surface area (Å²) in [6, 6.07) is 8.36. The van der Waals surface area contributed by atoms with Crippen molar-refractivity contribution in [1.82, 2.24) is 5.32 Å². The quantitative estimate of drug-likeness (QED) is 0.631. The van der Waals surface area contributed by atoms with Crippen LogP contribution in [0, 0.1) is 0 Å². The van der Waals surface area contributed by atoms with Gasteiger partial charge in [0.05, 0.1) is 25.4 Å². The Morgan fingerprint density at radius 3 is 2.37 bits per heavy atom. The fourth-order valence-electron chi connectivity index (χ4n) is 1.64. The van der Waals surface area contributed by atoms with Gasteiger partial charge in [-0.2, -0.15) is 0 Å². The first-order chi connectivity index (χ1) is 9.06. The van der Waals surface area contributed by atoms with E-state index in [0.29, 0.717) is 0 Å². The van der Waals surface area contributed by atoms with Crippen molar-refractivity contribution in [3.8, 4) is 0 Å². The van der Waals surface area contributed by atoms with E-state index in [1.54, 1.807) is 26.0 Å². The minimum atomic E-state index is -0.951. The summed E-state index contributed by atoms with van der Waals surface area (Å²) < 4.78 is 5.03. The lowest BCUT2D eigenvalue weighted by molar-refractivity contribution is -0.146. The summed E-state index contributed by atoms with van der Waals surface area (Å²) in [7, 11) is 0. The monoisotopic (exact) mass is 267 g/mol. The molecule has 0 spiro atoms. The molecule has 0 aliphatic rings. The molecule has 1 unspecified atom stereocenters. The van der Waals surface area contributed by atoms with E-state index in [1.165, 1.54) is 0 Å². The van der Waals surface area contributed by atoms with Crippen LogP contribution in [0.1, 0.15) is 25.5 Å². The SMILES string of the molecule is CCOC(=O)C(NC(C)(CO)CO)c1ccccc1. The lowest BCUT2D eigenvalue weighted by atomic mass is 9.99. The molecule has 1 aromatic rings. The van der Waals surface area contributed by atoms with Crippen molar-refractivity contribution >= 4 is 5.97 Å². The topological polar surface area (TPSA) is 78.8 Å². The van der Waals surface area contributed by atoms with Gasteiger partial charge < -0.3 is 14.9 Å². The van der Waals surface area contributed by atoms with Gasteiger partial charge in [-0.1, -0.05) is 30.3 Å². The first-order valence-corrected chi connectivity index (χ1v) is 6.27. The van der Waals surface area contributed by atoms with E-state index >= 15 is 0 Å². The molecule has 0 fully saturated rings. The Bertz CT molecular complexity index is 390. The standard InChI is InChI=1S/C14H21NO4/c1-3-19-13(18)12(11-7-5-4-6-8-11)15-14(2,9-16)10-17/h4-8,12,15-17H,3,9-10H2,1-2H3. The molecule has 0 radical (unpaired) electrons. The number of hydrogen-bond acceptors (Lipinski definition) is 5. The van der Waals surface area contributed by atoms with Gasteiger partial charge in [0, 0.05) is 0 Å². The van der Waals surface area contributed by atoms with Gasteiger partial charge in [-0.15, -0.1) is 0 Å². The third-order valence-electron chi connectivity index (χ3n) is 2.85. The molecule has 5 nitrogen and oxygen atoms in total. The largest absolute Gasteiger partial charge is 0.465 e. The van der Waals surface area contributed by atoms with Crippen LogP contribution in [0.5, 0.6) is 0 Å². The summed E-state index contributed by atoms with van der Waals surface area (Å²) in [5.41, 5.74) is -0.220. The number of carbonyl (C=O) groups is 1. The number of aliphatic hydroxyl groups is 2. The third kappa shape index (κ3) is 4.31. The number of benzene rings is 1. The lowest BCUT2D eigenvalue weighted by Crippen LogP contribution is -2.52. The van der Waals surface area contributed by atoms with Crippen LogP contribution in [-0.2, 0) is 9.53 Å². The molecular formula is C14H21NO4. The van der Waals surface area contributed by atoms with Gasteiger partial charge in [0.1, 0.15) is 6.04 Å². The fourth-order valence-corrected chi connectivity index (χ4v) is 1.64. The van der Waals surface area contributed by atoms with E-state index in [0.717, 1.165) is 5.56 Å². The van der Waals surface area contributed by atoms with E-state index in [-0.39, 0.29) is 19.8 Å². The highest BCUT2D eigenvalue weighted by atomic mass is 16.5. The van der Waals surface area contributed by atoms with Crippen molar-refractivity contribution in [3.05, 3.63) is 35.9 Å². The molecule has 0 aliphatic carbocycles. The van der Waals surface area contributed by atoms with Gasteiger partial charge in [0.25, 0.3) is 0 Å². The Balaban J connectivity index is 2.97. The van der Waals surface area contributed by atoms with Crippen LogP contribution in [0.15, 0.2) is 30.3 Å². The number of ether oxygens (including phenoxy) is 1. The van der Waals surface area contributed by atoms with Crippen LogP contribution in [0.3, 0.4) is 0 Å². The maximum Gasteiger partial charge on any atom is 0.327 e. The molecule has 0 saturated carbocycles. The van der Waals surface area contributed by atoms with Crippen molar-refractivity contribution in [2.24, 2.45) is 0 Å². The number of esters is 1. The number of hydrogen-bond donors (Lipinski definition) is 3. The summed E-state index contributed by atoms with van der Waals surface area (Å²) in [5.74, 6) is -0.429. The zero-order valence-electron chi connectivity index (χ0n) is 11.3. The van der Waals surface area contributed by atoms with E-state index in [9.17, 15) is 15.0 Å². The highest BCUT2D eigenvalue weighted by Gasteiger charge is 2.31. The normalized spacial score (nSPS) is 13.1. The van der Waals surface area contributed by atoms with Crippen molar-refractivity contribution in [3.63, 3.8) is 0 Å². The van der Waals surface area contributed by atoms with Crippen molar-refractivity contribution in [2.75, 3.05) is 19.8 Å². The van der Waals surface area contributed by atoms with E-state index in [4.69, 9.17) is 4.74 Å². The lowest BCUT2D eigenvalue weighted by Gasteiger charge is -2.31. The fraction of sp³-hybridized carbons (Fsp3) is 0.500. The Kier molecular flexibility index (Phi) is 5.95. The van der Waals surface area contributed by atoms with Gasteiger partial charge in [-0.25, -0.2) is 4.79 Å². The van der Waals surface area contributed by atoms with Crippen LogP contribution in [0.4, 0.5) is 0 Å². The molecule has 0 bridgehead atoms. The molecule has 0 amide bonds. The molecule has 1 rings (SSSR count). The molecule has 3 N–H and O–H groups in total. The predicted octanol–water partition coefficient (Wildman–Crippen LogP) is 0.624. The highest BCUT2D eigenvalue weighted by Crippen LogP contribution is 2.18. The summed E-state index contributed by atoms with van der Waals surface area (Å²) >= 11 is 0. The zero-order valence-corrected chi connectivity index (χ0v) is 11.3. The van der Waals surface area contributed by atoms with E-state index < -0.39 is 17.6 Å². The van der Waals surface area contributed by atoms with E-state index in [2.05, 4.69) is 5.32 Å². The molecule has 0 heterocycles. The average Bonchev–Trinajstić information content (AvgIpc) is 2.45. The van der Waals surface area contributed by atoms with Crippen molar-refractivity contribution in [1.29, 1.82) is 0 Å². The summed E-state index contributed by atoms with van der Waals surface area (Å²) in [5, 5.41) is 21.6. The first kappa shape index (κ1) is 15.6. The minimum absolute atomic E-state index is 0.277. The molecule has 0 aliphatic heterocycles. The zero-order chi connectivity index (χ0) is 14.3. The molecule has 1 atom stereocenters. The van der Waals surface area contributed by atoms with Crippen LogP contribution in [-0.4, -0.2) is 41.5 Å². The van der Waals surface area contributed by atoms with Gasteiger partial charge in [0.15, 0.2) is 0 Å². The predicted molar refractivity (Wildman–Crippen MR) is 71.5 cm³/mol. The molecule has 106 valence electrons. The second-order valence-corrected chi connectivity index (χ2v) is 4.62. The number of nitrogens with one attached hydrogen (secondary N) is 1. The highest BCUT2D eigenvalue weighted by molar-refractivity contribution is 5.77. The summed E-state index contributed by atoms with van der Waals surface area (Å²) in [4.78, 5) is 12.0. The van der Waals surface area contributed by atoms with Gasteiger partial charge >= 0.3 is 5.97 Å². The minimum Gasteiger partial charge on any atom is -0.465 e. The van der Waals surface area contributed by atoms with Gasteiger partial charge in [0.2, 0.25) is 0 Å². The third-order valence-corrected chi connectivity index (χ3v) is 2.85. The molecule has 0 saturated heterocycles. The molecule has 5 heteroatoms. The van der Waals surface area contributed by atoms with Crippen LogP contribution in [0.25, 0.3) is 0 Å². The van der Waals surface area contributed by atoms with Gasteiger partial charge in [-0.3, -0.25) is 5.32 Å². The molecule has 19 heavy (non-hydrogen) atoms. The molecule has 1 aromatic carbocycles. The van der Waals surface area contributed by atoms with Gasteiger partial charge in [-0.05, 0) is 19.4 Å². The maximum absolute atomic E-state index is 12.0. The Hall–Kier alpha value is -1.43.